The number of ether oxygens (including phenoxy) is 2. The maximum absolute atomic E-state index is 12.0. The second-order valence-corrected chi connectivity index (χ2v) is 6.44. The molecule has 0 bridgehead atoms. The molecule has 146 valence electrons. The first-order valence-electron chi connectivity index (χ1n) is 8.78. The van der Waals surface area contributed by atoms with E-state index in [1.165, 1.54) is 27.3 Å². The lowest BCUT2D eigenvalue weighted by Gasteiger charge is -2.16. The number of ketones is 1. The fourth-order valence-corrected chi connectivity index (χ4v) is 2.75. The number of methoxy groups -OCH3 is 2. The molecule has 8 nitrogen and oxygen atoms in total. The number of carbonyl (C=O) groups is 3. The van der Waals surface area contributed by atoms with E-state index in [0.717, 1.165) is 12.8 Å². The van der Waals surface area contributed by atoms with Crippen LogP contribution in [0.25, 0.3) is 0 Å². The Bertz CT molecular complexity index is 937. The first kappa shape index (κ1) is 19.3. The summed E-state index contributed by atoms with van der Waals surface area (Å²) in [6.45, 7) is 1.42. The Morgan fingerprint density at radius 3 is 2.46 bits per heavy atom. The standard InChI is InChI=1S/C20H21N3O5/c1-11(24)14-10-21-17(23-19(25)12-7-8-12)9-16(14)22-15-6-4-5-13(18(15)27-2)20(26)28-3/h4-6,9-10,12H,7-8H2,1-3H3,(H2,21,22,23,25). The molecule has 1 aliphatic rings. The van der Waals surface area contributed by atoms with Gasteiger partial charge in [-0.1, -0.05) is 6.07 Å². The highest BCUT2D eigenvalue weighted by Gasteiger charge is 2.30. The molecule has 1 aliphatic carbocycles. The topological polar surface area (TPSA) is 107 Å². The van der Waals surface area contributed by atoms with Gasteiger partial charge in [-0.15, -0.1) is 0 Å². The average Bonchev–Trinajstić information content (AvgIpc) is 3.52. The number of nitrogens with zero attached hydrogens (tertiary/aromatic N) is 1. The minimum Gasteiger partial charge on any atom is -0.494 e. The minimum absolute atomic E-state index is 0.0301. The van der Waals surface area contributed by atoms with Crippen LogP contribution in [0.4, 0.5) is 17.2 Å². The Morgan fingerprint density at radius 2 is 1.86 bits per heavy atom. The summed E-state index contributed by atoms with van der Waals surface area (Å²) >= 11 is 0. The maximum Gasteiger partial charge on any atom is 0.341 e. The molecule has 8 heteroatoms. The summed E-state index contributed by atoms with van der Waals surface area (Å²) in [6, 6.07) is 6.54. The zero-order valence-corrected chi connectivity index (χ0v) is 15.9. The van der Waals surface area contributed by atoms with Crippen LogP contribution >= 0.6 is 0 Å². The molecule has 1 amide bonds. The largest absolute Gasteiger partial charge is 0.494 e. The van der Waals surface area contributed by atoms with Crippen LogP contribution in [0.15, 0.2) is 30.5 Å². The number of esters is 1. The number of benzene rings is 1. The summed E-state index contributed by atoms with van der Waals surface area (Å²) in [5.41, 5.74) is 1.50. The van der Waals surface area contributed by atoms with Gasteiger partial charge >= 0.3 is 5.97 Å². The van der Waals surface area contributed by atoms with Crippen molar-refractivity contribution in [1.82, 2.24) is 4.98 Å². The number of aromatic nitrogens is 1. The average molecular weight is 383 g/mol. The molecule has 0 radical (unpaired) electrons. The van der Waals surface area contributed by atoms with Crippen molar-refractivity contribution in [2.75, 3.05) is 24.9 Å². The van der Waals surface area contributed by atoms with E-state index in [-0.39, 0.29) is 28.9 Å². The Labute approximate surface area is 162 Å². The SMILES string of the molecule is COC(=O)c1cccc(Nc2cc(NC(=O)C3CC3)ncc2C(C)=O)c1OC. The number of hydrogen-bond acceptors (Lipinski definition) is 7. The maximum atomic E-state index is 12.0. The molecule has 0 unspecified atom stereocenters. The highest BCUT2D eigenvalue weighted by Crippen LogP contribution is 2.34. The molecule has 0 saturated heterocycles. The number of amides is 1. The Kier molecular flexibility index (Phi) is 5.58. The van der Waals surface area contributed by atoms with Gasteiger partial charge in [-0.2, -0.15) is 0 Å². The van der Waals surface area contributed by atoms with E-state index in [9.17, 15) is 14.4 Å². The van der Waals surface area contributed by atoms with Gasteiger partial charge in [0.2, 0.25) is 5.91 Å². The Hall–Kier alpha value is -3.42. The van der Waals surface area contributed by atoms with Crippen LogP contribution in [0.2, 0.25) is 0 Å². The van der Waals surface area contributed by atoms with Gasteiger partial charge in [0.1, 0.15) is 11.4 Å². The van der Waals surface area contributed by atoms with Gasteiger partial charge in [-0.25, -0.2) is 9.78 Å². The molecule has 28 heavy (non-hydrogen) atoms. The number of nitrogens with one attached hydrogen (secondary N) is 2. The van der Waals surface area contributed by atoms with E-state index in [4.69, 9.17) is 9.47 Å². The van der Waals surface area contributed by atoms with Crippen molar-refractivity contribution in [2.24, 2.45) is 5.92 Å². The number of pyridine rings is 1. The van der Waals surface area contributed by atoms with E-state index in [2.05, 4.69) is 15.6 Å². The van der Waals surface area contributed by atoms with Crippen molar-refractivity contribution < 1.29 is 23.9 Å². The fraction of sp³-hybridized carbons (Fsp3) is 0.300. The van der Waals surface area contributed by atoms with Gasteiger partial charge in [-0.3, -0.25) is 9.59 Å². The summed E-state index contributed by atoms with van der Waals surface area (Å²) in [6.07, 6.45) is 3.16. The molecule has 0 aliphatic heterocycles. The zero-order chi connectivity index (χ0) is 20.3. The molecule has 1 fully saturated rings. The van der Waals surface area contributed by atoms with Crippen LogP contribution in [-0.4, -0.2) is 36.9 Å². The van der Waals surface area contributed by atoms with Gasteiger partial charge in [0, 0.05) is 18.2 Å². The van der Waals surface area contributed by atoms with Crippen LogP contribution in [-0.2, 0) is 9.53 Å². The predicted octanol–water partition coefficient (Wildman–Crippen LogP) is 3.17. The third-order valence-corrected chi connectivity index (χ3v) is 4.38. The quantitative estimate of drug-likeness (QED) is 0.559. The lowest BCUT2D eigenvalue weighted by atomic mass is 10.1. The van der Waals surface area contributed by atoms with Crippen LogP contribution in [0.1, 0.15) is 40.5 Å². The fourth-order valence-electron chi connectivity index (χ4n) is 2.75. The highest BCUT2D eigenvalue weighted by atomic mass is 16.5. The Balaban J connectivity index is 1.97. The van der Waals surface area contributed by atoms with Gasteiger partial charge in [0.15, 0.2) is 11.5 Å². The summed E-state index contributed by atoms with van der Waals surface area (Å²) < 4.78 is 10.2. The molecule has 0 spiro atoms. The third-order valence-electron chi connectivity index (χ3n) is 4.38. The summed E-state index contributed by atoms with van der Waals surface area (Å²) in [5, 5.41) is 5.86. The van der Waals surface area contributed by atoms with Crippen LogP contribution in [0.5, 0.6) is 5.75 Å². The lowest BCUT2D eigenvalue weighted by molar-refractivity contribution is -0.117. The van der Waals surface area contributed by atoms with E-state index in [1.54, 1.807) is 24.3 Å². The third kappa shape index (κ3) is 4.11. The molecular weight excluding hydrogens is 362 g/mol. The van der Waals surface area contributed by atoms with E-state index in [1.807, 2.05) is 0 Å². The van der Waals surface area contributed by atoms with E-state index in [0.29, 0.717) is 22.8 Å². The molecule has 2 aromatic rings. The second-order valence-electron chi connectivity index (χ2n) is 6.44. The van der Waals surface area contributed by atoms with Crippen LogP contribution in [0, 0.1) is 5.92 Å². The predicted molar refractivity (Wildman–Crippen MR) is 103 cm³/mol. The molecule has 1 aromatic carbocycles. The van der Waals surface area contributed by atoms with Crippen molar-refractivity contribution in [1.29, 1.82) is 0 Å². The number of para-hydroxylation sites is 1. The summed E-state index contributed by atoms with van der Waals surface area (Å²) in [7, 11) is 2.72. The van der Waals surface area contributed by atoms with Crippen molar-refractivity contribution in [3.8, 4) is 5.75 Å². The number of rotatable bonds is 7. The smallest absolute Gasteiger partial charge is 0.341 e. The first-order valence-corrected chi connectivity index (χ1v) is 8.78. The van der Waals surface area contributed by atoms with Gasteiger partial charge < -0.3 is 20.1 Å². The zero-order valence-electron chi connectivity index (χ0n) is 15.9. The normalized spacial score (nSPS) is 12.8. The minimum atomic E-state index is -0.542. The number of anilines is 3. The Morgan fingerprint density at radius 1 is 1.11 bits per heavy atom. The summed E-state index contributed by atoms with van der Waals surface area (Å²) in [5.74, 6) is -0.170. The molecule has 3 rings (SSSR count). The van der Waals surface area contributed by atoms with Gasteiger partial charge in [0.25, 0.3) is 0 Å². The lowest BCUT2D eigenvalue weighted by Crippen LogP contribution is -2.15. The molecule has 1 aromatic heterocycles. The molecule has 2 N–H and O–H groups in total. The van der Waals surface area contributed by atoms with Crippen molar-refractivity contribution >= 4 is 34.9 Å². The van der Waals surface area contributed by atoms with Gasteiger partial charge in [-0.05, 0) is 31.9 Å². The second kappa shape index (κ2) is 8.08. The number of carbonyl (C=O) groups excluding carboxylic acids is 3. The van der Waals surface area contributed by atoms with E-state index >= 15 is 0 Å². The molecular formula is C20H21N3O5. The van der Waals surface area contributed by atoms with Crippen molar-refractivity contribution in [3.05, 3.63) is 41.6 Å². The molecule has 1 saturated carbocycles. The molecule has 1 heterocycles. The number of hydrogen-bond donors (Lipinski definition) is 2. The van der Waals surface area contributed by atoms with Gasteiger partial charge in [0.05, 0.1) is 31.2 Å². The van der Waals surface area contributed by atoms with E-state index < -0.39 is 5.97 Å². The summed E-state index contributed by atoms with van der Waals surface area (Å²) in [4.78, 5) is 40.2. The first-order chi connectivity index (χ1) is 13.4. The van der Waals surface area contributed by atoms with Crippen molar-refractivity contribution in [3.63, 3.8) is 0 Å². The number of Topliss-reactive ketones (excluding diaryl/α,β-unsaturated/α-hetero) is 1. The van der Waals surface area contributed by atoms with Crippen molar-refractivity contribution in [2.45, 2.75) is 19.8 Å². The highest BCUT2D eigenvalue weighted by molar-refractivity contribution is 6.02. The van der Waals surface area contributed by atoms with Crippen LogP contribution < -0.4 is 15.4 Å². The monoisotopic (exact) mass is 383 g/mol. The molecule has 0 atom stereocenters. The van der Waals surface area contributed by atoms with Crippen LogP contribution in [0.3, 0.4) is 0 Å².